The van der Waals surface area contributed by atoms with Crippen molar-refractivity contribution in [2.75, 3.05) is 13.2 Å². The number of hydrogen-bond acceptors (Lipinski definition) is 5. The first kappa shape index (κ1) is 28.5. The van der Waals surface area contributed by atoms with E-state index in [2.05, 4.69) is 0 Å². The van der Waals surface area contributed by atoms with Crippen molar-refractivity contribution in [1.29, 1.82) is 0 Å². The molecule has 0 bridgehead atoms. The fourth-order valence-corrected chi connectivity index (χ4v) is 4.48. The van der Waals surface area contributed by atoms with Gasteiger partial charge in [-0.1, -0.05) is 35.9 Å². The summed E-state index contributed by atoms with van der Waals surface area (Å²) in [5, 5.41) is 8.88. The van der Waals surface area contributed by atoms with Crippen molar-refractivity contribution in [3.05, 3.63) is 89.0 Å². The zero-order valence-electron chi connectivity index (χ0n) is 20.6. The van der Waals surface area contributed by atoms with Crippen LogP contribution < -0.4 is 9.47 Å². The third-order valence-electron chi connectivity index (χ3n) is 5.76. The van der Waals surface area contributed by atoms with Gasteiger partial charge in [-0.2, -0.15) is 21.6 Å². The summed E-state index contributed by atoms with van der Waals surface area (Å²) in [4.78, 5) is -0.0666. The van der Waals surface area contributed by atoms with Gasteiger partial charge in [0.25, 0.3) is 10.1 Å². The molecule has 1 atom stereocenters. The van der Waals surface area contributed by atoms with Crippen LogP contribution >= 0.6 is 0 Å². The van der Waals surface area contributed by atoms with Gasteiger partial charge in [0.05, 0.1) is 17.1 Å². The quantitative estimate of drug-likeness (QED) is 0.387. The minimum Gasteiger partial charge on any atom is -0.491 e. The first-order chi connectivity index (χ1) is 17.2. The van der Waals surface area contributed by atoms with Crippen LogP contribution in [0.4, 0.5) is 13.2 Å². The average molecular weight is 539 g/mol. The fraction of sp³-hybridized carbons (Fsp3) is 0.333. The van der Waals surface area contributed by atoms with E-state index in [1.54, 1.807) is 24.3 Å². The van der Waals surface area contributed by atoms with Crippen molar-refractivity contribution in [2.24, 2.45) is 0 Å². The molecule has 200 valence electrons. The molecular formula is C27H29F3O6S. The number of fused-ring (bicyclic) bond motifs is 1. The second-order valence-corrected chi connectivity index (χ2v) is 10.7. The molecule has 1 heterocycles. The van der Waals surface area contributed by atoms with Crippen LogP contribution in [0.25, 0.3) is 0 Å². The van der Waals surface area contributed by atoms with Crippen molar-refractivity contribution in [3.8, 4) is 11.5 Å². The molecule has 3 aromatic rings. The highest BCUT2D eigenvalue weighted by Gasteiger charge is 2.36. The van der Waals surface area contributed by atoms with E-state index >= 15 is 0 Å². The molecule has 1 unspecified atom stereocenters. The second-order valence-electron chi connectivity index (χ2n) is 9.30. The Morgan fingerprint density at radius 2 is 1.65 bits per heavy atom. The molecule has 1 aliphatic rings. The number of rotatable bonds is 5. The van der Waals surface area contributed by atoms with Crippen LogP contribution in [0.1, 0.15) is 48.4 Å². The van der Waals surface area contributed by atoms with Crippen molar-refractivity contribution in [1.82, 2.24) is 0 Å². The van der Waals surface area contributed by atoms with E-state index in [0.717, 1.165) is 28.8 Å². The lowest BCUT2D eigenvalue weighted by Crippen LogP contribution is -2.35. The molecule has 37 heavy (non-hydrogen) atoms. The summed E-state index contributed by atoms with van der Waals surface area (Å²) in [5.74, 6) is 1.17. The molecule has 3 aromatic carbocycles. The Kier molecular flexibility index (Phi) is 8.56. The molecule has 0 aromatic heterocycles. The van der Waals surface area contributed by atoms with Crippen LogP contribution in [-0.2, 0) is 16.3 Å². The van der Waals surface area contributed by atoms with E-state index in [0.29, 0.717) is 17.9 Å². The summed E-state index contributed by atoms with van der Waals surface area (Å²) in [6.45, 7) is 5.85. The summed E-state index contributed by atoms with van der Waals surface area (Å²) in [6.07, 6.45) is -3.69. The van der Waals surface area contributed by atoms with Gasteiger partial charge in [0.2, 0.25) is 0 Å². The van der Waals surface area contributed by atoms with Crippen LogP contribution in [0.3, 0.4) is 0 Å². The molecule has 10 heteroatoms. The highest BCUT2D eigenvalue weighted by molar-refractivity contribution is 7.85. The Balaban J connectivity index is 0.000000289. The molecule has 0 spiro atoms. The van der Waals surface area contributed by atoms with Crippen LogP contribution in [-0.4, -0.2) is 36.9 Å². The molecule has 0 fully saturated rings. The van der Waals surface area contributed by atoms with Crippen LogP contribution in [0.2, 0.25) is 0 Å². The van der Waals surface area contributed by atoms with Crippen molar-refractivity contribution in [2.45, 2.75) is 49.8 Å². The van der Waals surface area contributed by atoms with Gasteiger partial charge in [-0.05, 0) is 63.1 Å². The molecule has 0 amide bonds. The summed E-state index contributed by atoms with van der Waals surface area (Å²) < 4.78 is 79.5. The van der Waals surface area contributed by atoms with Gasteiger partial charge in [-0.3, -0.25) is 4.55 Å². The number of alkyl halides is 3. The molecule has 0 aliphatic carbocycles. The molecule has 0 saturated carbocycles. The minimum absolute atomic E-state index is 0.0666. The van der Waals surface area contributed by atoms with E-state index in [4.69, 9.17) is 19.1 Å². The highest BCUT2D eigenvalue weighted by atomic mass is 32.2. The maximum atomic E-state index is 12.8. The molecule has 6 nitrogen and oxygen atoms in total. The number of halogens is 3. The Bertz CT molecular complexity index is 1300. The smallest absolute Gasteiger partial charge is 0.416 e. The van der Waals surface area contributed by atoms with Gasteiger partial charge in [-0.15, -0.1) is 0 Å². The van der Waals surface area contributed by atoms with Gasteiger partial charge in [-0.25, -0.2) is 0 Å². The number of aryl methyl sites for hydroxylation is 1. The fourth-order valence-electron chi connectivity index (χ4n) is 4.00. The Hall–Kier alpha value is -3.08. The van der Waals surface area contributed by atoms with Crippen molar-refractivity contribution in [3.63, 3.8) is 0 Å². The number of benzene rings is 3. The number of ether oxygens (including phenoxy) is 2. The van der Waals surface area contributed by atoms with Gasteiger partial charge in [0, 0.05) is 17.5 Å². The third kappa shape index (κ3) is 7.70. The van der Waals surface area contributed by atoms with Gasteiger partial charge in [0.15, 0.2) is 0 Å². The zero-order chi connectivity index (χ0) is 27.4. The number of aliphatic hydroxyl groups excluding tert-OH is 1. The monoisotopic (exact) mass is 538 g/mol. The molecule has 4 rings (SSSR count). The van der Waals surface area contributed by atoms with Crippen molar-refractivity contribution >= 4 is 10.1 Å². The third-order valence-corrected chi connectivity index (χ3v) is 6.63. The molecule has 2 N–H and O–H groups in total. The van der Waals surface area contributed by atoms with Gasteiger partial charge >= 0.3 is 6.18 Å². The van der Waals surface area contributed by atoms with E-state index in [9.17, 15) is 21.6 Å². The molecule has 0 radical (unpaired) electrons. The topological polar surface area (TPSA) is 93.1 Å². The predicted molar refractivity (Wildman–Crippen MR) is 133 cm³/mol. The normalized spacial score (nSPS) is 16.6. The maximum Gasteiger partial charge on any atom is 0.416 e. The van der Waals surface area contributed by atoms with Crippen LogP contribution in [0.15, 0.2) is 71.6 Å². The second kappa shape index (κ2) is 11.1. The zero-order valence-corrected chi connectivity index (χ0v) is 21.4. The van der Waals surface area contributed by atoms with Gasteiger partial charge < -0.3 is 14.6 Å². The molecule has 1 aliphatic heterocycles. The SMILES string of the molecule is CC1(C)CC(c2ccc(C(F)(F)F)cc2)c2ccc(OCCO)cc2O1.Cc1ccc(S(=O)(=O)O)cc1. The largest absolute Gasteiger partial charge is 0.491 e. The first-order valence-corrected chi connectivity index (χ1v) is 12.9. The minimum atomic E-state index is -4.34. The van der Waals surface area contributed by atoms with Crippen LogP contribution in [0.5, 0.6) is 11.5 Å². The Labute approximate surface area is 214 Å². The lowest BCUT2D eigenvalue weighted by atomic mass is 9.80. The lowest BCUT2D eigenvalue weighted by Gasteiger charge is -2.38. The average Bonchev–Trinajstić information content (AvgIpc) is 2.81. The van der Waals surface area contributed by atoms with E-state index < -0.39 is 27.5 Å². The van der Waals surface area contributed by atoms with E-state index in [1.165, 1.54) is 24.3 Å². The van der Waals surface area contributed by atoms with Crippen molar-refractivity contribution < 1.29 is 40.7 Å². The lowest BCUT2D eigenvalue weighted by molar-refractivity contribution is -0.137. The van der Waals surface area contributed by atoms with Gasteiger partial charge in [0.1, 0.15) is 23.7 Å². The maximum absolute atomic E-state index is 12.8. The Morgan fingerprint density at radius 3 is 2.19 bits per heavy atom. The van der Waals surface area contributed by atoms with E-state index in [-0.39, 0.29) is 24.0 Å². The Morgan fingerprint density at radius 1 is 1.03 bits per heavy atom. The number of aliphatic hydroxyl groups is 1. The van der Waals surface area contributed by atoms with Crippen LogP contribution in [0, 0.1) is 6.92 Å². The number of hydrogen-bond donors (Lipinski definition) is 2. The highest BCUT2D eigenvalue weighted by Crippen LogP contribution is 2.45. The summed E-state index contributed by atoms with van der Waals surface area (Å²) in [5.41, 5.74) is 1.58. The molecule has 0 saturated heterocycles. The summed E-state index contributed by atoms with van der Waals surface area (Å²) in [6, 6.07) is 16.7. The van der Waals surface area contributed by atoms with E-state index in [1.807, 2.05) is 26.8 Å². The molecular weight excluding hydrogens is 509 g/mol. The summed E-state index contributed by atoms with van der Waals surface area (Å²) in [7, 11) is -4.02. The standard InChI is InChI=1S/C20H21F3O3.C7H8O3S/c1-19(2)12-17(13-3-5-14(6-4-13)20(21,22)23)16-8-7-15(25-10-9-24)11-18(16)26-19;1-6-2-4-7(5-3-6)11(8,9)10/h3-8,11,17,24H,9-10,12H2,1-2H3;2-5H,1H3,(H,8,9,10). The summed E-state index contributed by atoms with van der Waals surface area (Å²) >= 11 is 0. The predicted octanol–water partition coefficient (Wildman–Crippen LogP) is 6.01. The first-order valence-electron chi connectivity index (χ1n) is 11.5.